The third kappa shape index (κ3) is 4.44. The maximum absolute atomic E-state index is 11.1. The fourth-order valence-electron chi connectivity index (χ4n) is 1.33. The maximum Gasteiger partial charge on any atom is 0.233 e. The van der Waals surface area contributed by atoms with Crippen molar-refractivity contribution >= 4 is 21.8 Å². The fourth-order valence-corrected chi connectivity index (χ4v) is 1.77. The molecule has 0 aliphatic carbocycles. The standard InChI is InChI=1S/C11H15BrN2O/c1-13-11(15)8-14(2)7-9-4-3-5-10(12)6-9/h3-6H,7-8H2,1-2H3,(H,13,15). The van der Waals surface area contributed by atoms with Gasteiger partial charge in [0.05, 0.1) is 6.54 Å². The Morgan fingerprint density at radius 1 is 1.53 bits per heavy atom. The number of carbonyl (C=O) groups is 1. The Bertz CT molecular complexity index is 341. The smallest absolute Gasteiger partial charge is 0.233 e. The summed E-state index contributed by atoms with van der Waals surface area (Å²) in [4.78, 5) is 13.1. The summed E-state index contributed by atoms with van der Waals surface area (Å²) in [5.41, 5.74) is 1.19. The molecule has 0 aliphatic rings. The van der Waals surface area contributed by atoms with E-state index in [0.29, 0.717) is 6.54 Å². The Morgan fingerprint density at radius 2 is 2.27 bits per heavy atom. The average Bonchev–Trinajstić information content (AvgIpc) is 2.17. The Morgan fingerprint density at radius 3 is 2.87 bits per heavy atom. The molecule has 82 valence electrons. The first-order valence-electron chi connectivity index (χ1n) is 4.75. The molecule has 0 aromatic heterocycles. The second-order valence-electron chi connectivity index (χ2n) is 3.48. The van der Waals surface area contributed by atoms with E-state index in [-0.39, 0.29) is 5.91 Å². The van der Waals surface area contributed by atoms with Crippen LogP contribution in [0, 0.1) is 0 Å². The van der Waals surface area contributed by atoms with Crippen LogP contribution in [-0.4, -0.2) is 31.4 Å². The quantitative estimate of drug-likeness (QED) is 0.902. The van der Waals surface area contributed by atoms with E-state index in [2.05, 4.69) is 27.3 Å². The molecule has 0 bridgehead atoms. The van der Waals surface area contributed by atoms with Gasteiger partial charge in [-0.1, -0.05) is 28.1 Å². The van der Waals surface area contributed by atoms with Crippen molar-refractivity contribution in [2.45, 2.75) is 6.54 Å². The van der Waals surface area contributed by atoms with Crippen LogP contribution in [0.1, 0.15) is 5.56 Å². The predicted molar refractivity (Wildman–Crippen MR) is 64.5 cm³/mol. The summed E-state index contributed by atoms with van der Waals surface area (Å²) in [6.45, 7) is 1.19. The van der Waals surface area contributed by atoms with Gasteiger partial charge in [0, 0.05) is 18.1 Å². The van der Waals surface area contributed by atoms with Crippen molar-refractivity contribution in [1.29, 1.82) is 0 Å². The number of halogens is 1. The van der Waals surface area contributed by atoms with E-state index in [4.69, 9.17) is 0 Å². The van der Waals surface area contributed by atoms with Gasteiger partial charge in [0.1, 0.15) is 0 Å². The molecule has 0 aliphatic heterocycles. The molecule has 0 spiro atoms. The van der Waals surface area contributed by atoms with Crippen LogP contribution in [0.25, 0.3) is 0 Å². The van der Waals surface area contributed by atoms with Crippen molar-refractivity contribution in [1.82, 2.24) is 10.2 Å². The molecule has 0 saturated carbocycles. The van der Waals surface area contributed by atoms with Crippen molar-refractivity contribution in [2.24, 2.45) is 0 Å². The van der Waals surface area contributed by atoms with Gasteiger partial charge in [-0.15, -0.1) is 0 Å². The molecule has 0 atom stereocenters. The van der Waals surface area contributed by atoms with Gasteiger partial charge in [0.2, 0.25) is 5.91 Å². The summed E-state index contributed by atoms with van der Waals surface area (Å²) in [7, 11) is 3.57. The van der Waals surface area contributed by atoms with Crippen LogP contribution in [0.15, 0.2) is 28.7 Å². The van der Waals surface area contributed by atoms with Crippen LogP contribution in [-0.2, 0) is 11.3 Å². The van der Waals surface area contributed by atoms with Crippen LogP contribution < -0.4 is 5.32 Å². The first-order valence-corrected chi connectivity index (χ1v) is 5.54. The van der Waals surface area contributed by atoms with Crippen molar-refractivity contribution < 1.29 is 4.79 Å². The Hall–Kier alpha value is -0.870. The van der Waals surface area contributed by atoms with Gasteiger partial charge in [0.25, 0.3) is 0 Å². The molecule has 1 amide bonds. The zero-order chi connectivity index (χ0) is 11.3. The van der Waals surface area contributed by atoms with E-state index in [1.807, 2.05) is 30.1 Å². The monoisotopic (exact) mass is 270 g/mol. The zero-order valence-corrected chi connectivity index (χ0v) is 10.5. The van der Waals surface area contributed by atoms with Crippen LogP contribution in [0.4, 0.5) is 0 Å². The number of likely N-dealkylation sites (N-methyl/N-ethyl adjacent to an activating group) is 2. The van der Waals surface area contributed by atoms with Crippen LogP contribution in [0.5, 0.6) is 0 Å². The molecular formula is C11H15BrN2O. The summed E-state index contributed by atoms with van der Waals surface area (Å²) in [5.74, 6) is 0.0347. The normalized spacial score (nSPS) is 10.4. The van der Waals surface area contributed by atoms with E-state index in [1.165, 1.54) is 5.56 Å². The summed E-state index contributed by atoms with van der Waals surface area (Å²) < 4.78 is 1.06. The van der Waals surface area contributed by atoms with Gasteiger partial charge in [-0.2, -0.15) is 0 Å². The lowest BCUT2D eigenvalue weighted by molar-refractivity contribution is -0.121. The highest BCUT2D eigenvalue weighted by Gasteiger charge is 2.05. The number of nitrogens with zero attached hydrogens (tertiary/aromatic N) is 1. The van der Waals surface area contributed by atoms with E-state index in [1.54, 1.807) is 7.05 Å². The lowest BCUT2D eigenvalue weighted by Gasteiger charge is -2.15. The summed E-state index contributed by atoms with van der Waals surface area (Å²) in [6, 6.07) is 8.08. The lowest BCUT2D eigenvalue weighted by atomic mass is 10.2. The molecule has 1 rings (SSSR count). The van der Waals surface area contributed by atoms with Gasteiger partial charge < -0.3 is 5.32 Å². The summed E-state index contributed by atoms with van der Waals surface area (Å²) in [5, 5.41) is 2.60. The topological polar surface area (TPSA) is 32.3 Å². The largest absolute Gasteiger partial charge is 0.358 e. The molecule has 0 heterocycles. The first-order chi connectivity index (χ1) is 7.11. The van der Waals surface area contributed by atoms with E-state index >= 15 is 0 Å². The molecule has 0 fully saturated rings. The fraction of sp³-hybridized carbons (Fsp3) is 0.364. The summed E-state index contributed by atoms with van der Waals surface area (Å²) in [6.07, 6.45) is 0. The Balaban J connectivity index is 2.51. The number of hydrogen-bond donors (Lipinski definition) is 1. The van der Waals surface area contributed by atoms with E-state index in [9.17, 15) is 4.79 Å². The van der Waals surface area contributed by atoms with E-state index in [0.717, 1.165) is 11.0 Å². The number of benzene rings is 1. The highest BCUT2D eigenvalue weighted by atomic mass is 79.9. The SMILES string of the molecule is CNC(=O)CN(C)Cc1cccc(Br)c1. The number of hydrogen-bond acceptors (Lipinski definition) is 2. The molecule has 0 radical (unpaired) electrons. The second-order valence-corrected chi connectivity index (χ2v) is 4.39. The molecule has 1 N–H and O–H groups in total. The van der Waals surface area contributed by atoms with Gasteiger partial charge in [-0.05, 0) is 24.7 Å². The lowest BCUT2D eigenvalue weighted by Crippen LogP contribution is -2.32. The number of rotatable bonds is 4. The zero-order valence-electron chi connectivity index (χ0n) is 8.96. The molecule has 3 nitrogen and oxygen atoms in total. The van der Waals surface area contributed by atoms with E-state index < -0.39 is 0 Å². The second kappa shape index (κ2) is 5.88. The maximum atomic E-state index is 11.1. The molecule has 1 aromatic carbocycles. The predicted octanol–water partition coefficient (Wildman–Crippen LogP) is 1.63. The van der Waals surface area contributed by atoms with Crippen LogP contribution in [0.2, 0.25) is 0 Å². The minimum atomic E-state index is 0.0347. The highest BCUT2D eigenvalue weighted by Crippen LogP contribution is 2.12. The Kier molecular flexibility index (Phi) is 4.78. The van der Waals surface area contributed by atoms with Crippen molar-refractivity contribution in [3.05, 3.63) is 34.3 Å². The number of carbonyl (C=O) groups excluding carboxylic acids is 1. The van der Waals surface area contributed by atoms with Crippen molar-refractivity contribution in [3.8, 4) is 0 Å². The third-order valence-corrected chi connectivity index (χ3v) is 2.53. The minimum absolute atomic E-state index is 0.0347. The van der Waals surface area contributed by atoms with Crippen molar-refractivity contribution in [2.75, 3.05) is 20.6 Å². The summed E-state index contributed by atoms with van der Waals surface area (Å²) >= 11 is 3.42. The Labute approximate surface area is 98.6 Å². The number of amides is 1. The number of nitrogens with one attached hydrogen (secondary N) is 1. The van der Waals surface area contributed by atoms with Crippen molar-refractivity contribution in [3.63, 3.8) is 0 Å². The molecule has 1 aromatic rings. The third-order valence-electron chi connectivity index (χ3n) is 2.03. The van der Waals surface area contributed by atoms with Gasteiger partial charge in [-0.25, -0.2) is 0 Å². The molecule has 0 unspecified atom stereocenters. The highest BCUT2D eigenvalue weighted by molar-refractivity contribution is 9.10. The van der Waals surface area contributed by atoms with Gasteiger partial charge in [0.15, 0.2) is 0 Å². The molecule has 15 heavy (non-hydrogen) atoms. The van der Waals surface area contributed by atoms with Gasteiger partial charge >= 0.3 is 0 Å². The van der Waals surface area contributed by atoms with Gasteiger partial charge in [-0.3, -0.25) is 9.69 Å². The molecule has 0 saturated heterocycles. The molecular weight excluding hydrogens is 256 g/mol. The van der Waals surface area contributed by atoms with Crippen LogP contribution in [0.3, 0.4) is 0 Å². The average molecular weight is 271 g/mol. The first kappa shape index (κ1) is 12.2. The molecule has 4 heteroatoms. The minimum Gasteiger partial charge on any atom is -0.358 e. The van der Waals surface area contributed by atoms with Crippen LogP contribution >= 0.6 is 15.9 Å².